The van der Waals surface area contributed by atoms with Crippen molar-refractivity contribution in [3.05, 3.63) is 22.6 Å². The average molecular weight is 305 g/mol. The number of nitrogens with zero attached hydrogens (tertiary/aromatic N) is 3. The molecule has 1 aromatic carbocycles. The lowest BCUT2D eigenvalue weighted by atomic mass is 10.2. The summed E-state index contributed by atoms with van der Waals surface area (Å²) in [5, 5.41) is 11.8. The number of benzene rings is 1. The van der Waals surface area contributed by atoms with Crippen LogP contribution in [-0.4, -0.2) is 51.5 Å². The zero-order valence-corrected chi connectivity index (χ0v) is 12.6. The van der Waals surface area contributed by atoms with Crippen LogP contribution in [0, 0.1) is 16.2 Å². The third-order valence-corrected chi connectivity index (χ3v) is 3.48. The zero-order chi connectivity index (χ0) is 15.8. The first-order valence-electron chi connectivity index (χ1n) is 7.17. The van der Waals surface area contributed by atoms with Gasteiger partial charge in [0.25, 0.3) is 0 Å². The van der Waals surface area contributed by atoms with E-state index in [2.05, 4.69) is 10.1 Å². The Kier molecular flexibility index (Phi) is 6.13. The van der Waals surface area contributed by atoms with Gasteiger partial charge in [-0.2, -0.15) is 5.26 Å². The van der Waals surface area contributed by atoms with Crippen LogP contribution in [0.1, 0.15) is 12.0 Å². The summed E-state index contributed by atoms with van der Waals surface area (Å²) in [7, 11) is 1.48. The summed E-state index contributed by atoms with van der Waals surface area (Å²) in [5.74, 6) is 0.855. The lowest BCUT2D eigenvalue weighted by Crippen LogP contribution is -2.37. The smallest absolute Gasteiger partial charge is 0.163 e. The Labute approximate surface area is 129 Å². The van der Waals surface area contributed by atoms with Gasteiger partial charge in [-0.1, -0.05) is 0 Å². The average Bonchev–Trinajstić information content (AvgIpc) is 2.58. The van der Waals surface area contributed by atoms with Gasteiger partial charge < -0.3 is 14.2 Å². The molecule has 22 heavy (non-hydrogen) atoms. The van der Waals surface area contributed by atoms with Gasteiger partial charge in [0.2, 0.25) is 0 Å². The Morgan fingerprint density at radius 2 is 2.14 bits per heavy atom. The second kappa shape index (κ2) is 8.32. The van der Waals surface area contributed by atoms with Crippen LogP contribution in [0.25, 0.3) is 0 Å². The van der Waals surface area contributed by atoms with E-state index in [4.69, 9.17) is 19.5 Å². The summed E-state index contributed by atoms with van der Waals surface area (Å²) in [6.07, 6.45) is 0.860. The SMILES string of the molecule is COc1cc(N=O)c(C#N)cc1OCCCN1CCOCC1. The van der Waals surface area contributed by atoms with E-state index in [1.54, 1.807) is 0 Å². The van der Waals surface area contributed by atoms with Gasteiger partial charge >= 0.3 is 0 Å². The van der Waals surface area contributed by atoms with E-state index in [9.17, 15) is 4.91 Å². The van der Waals surface area contributed by atoms with Crippen LogP contribution < -0.4 is 9.47 Å². The molecule has 1 saturated heterocycles. The lowest BCUT2D eigenvalue weighted by Gasteiger charge is -2.26. The van der Waals surface area contributed by atoms with Gasteiger partial charge in [0.05, 0.1) is 32.5 Å². The molecule has 1 aliphatic rings. The van der Waals surface area contributed by atoms with Crippen molar-refractivity contribution in [3.63, 3.8) is 0 Å². The summed E-state index contributed by atoms with van der Waals surface area (Å²) in [5.41, 5.74) is 0.235. The van der Waals surface area contributed by atoms with E-state index in [0.29, 0.717) is 18.1 Å². The first-order chi connectivity index (χ1) is 10.8. The predicted octanol–water partition coefficient (Wildman–Crippen LogP) is 2.07. The van der Waals surface area contributed by atoms with Crippen LogP contribution in [0.15, 0.2) is 17.3 Å². The molecule has 0 radical (unpaired) electrons. The Morgan fingerprint density at radius 1 is 1.36 bits per heavy atom. The van der Waals surface area contributed by atoms with Gasteiger partial charge in [-0.25, -0.2) is 0 Å². The normalized spacial score (nSPS) is 15.1. The Balaban J connectivity index is 1.91. The minimum atomic E-state index is 0.0556. The van der Waals surface area contributed by atoms with Crippen LogP contribution in [0.2, 0.25) is 0 Å². The Morgan fingerprint density at radius 3 is 2.77 bits per heavy atom. The standard InChI is InChI=1S/C15H19N3O4/c1-20-14-10-13(17-19)12(11-16)9-15(14)22-6-2-3-18-4-7-21-8-5-18/h9-10H,2-8H2,1H3. The van der Waals surface area contributed by atoms with Crippen LogP contribution in [0.3, 0.4) is 0 Å². The highest BCUT2D eigenvalue weighted by molar-refractivity contribution is 5.61. The highest BCUT2D eigenvalue weighted by Gasteiger charge is 2.13. The second-order valence-corrected chi connectivity index (χ2v) is 4.88. The van der Waals surface area contributed by atoms with Crippen LogP contribution in [-0.2, 0) is 4.74 Å². The maximum atomic E-state index is 10.7. The third-order valence-electron chi connectivity index (χ3n) is 3.48. The maximum Gasteiger partial charge on any atom is 0.163 e. The number of hydrogen-bond acceptors (Lipinski definition) is 7. The van der Waals surface area contributed by atoms with E-state index >= 15 is 0 Å². The molecule has 118 valence electrons. The fraction of sp³-hybridized carbons (Fsp3) is 0.533. The highest BCUT2D eigenvalue weighted by Crippen LogP contribution is 2.34. The number of nitriles is 1. The van der Waals surface area contributed by atoms with Crippen molar-refractivity contribution in [3.8, 4) is 17.6 Å². The second-order valence-electron chi connectivity index (χ2n) is 4.88. The lowest BCUT2D eigenvalue weighted by molar-refractivity contribution is 0.0357. The van der Waals surface area contributed by atoms with E-state index in [1.807, 2.05) is 6.07 Å². The highest BCUT2D eigenvalue weighted by atomic mass is 16.5. The molecule has 1 aromatic rings. The third kappa shape index (κ3) is 4.16. The van der Waals surface area contributed by atoms with Crippen LogP contribution >= 0.6 is 0 Å². The molecule has 0 aromatic heterocycles. The predicted molar refractivity (Wildman–Crippen MR) is 80.5 cm³/mol. The fourth-order valence-electron chi connectivity index (χ4n) is 2.28. The largest absolute Gasteiger partial charge is 0.493 e. The number of rotatable bonds is 7. The fourth-order valence-corrected chi connectivity index (χ4v) is 2.28. The van der Waals surface area contributed by atoms with E-state index in [-0.39, 0.29) is 11.3 Å². The number of nitroso groups, excluding NO2 is 1. The van der Waals surface area contributed by atoms with Gasteiger partial charge in [-0.05, 0) is 11.6 Å². The summed E-state index contributed by atoms with van der Waals surface area (Å²) in [4.78, 5) is 13.0. The molecule has 0 saturated carbocycles. The van der Waals surface area contributed by atoms with E-state index in [0.717, 1.165) is 39.3 Å². The van der Waals surface area contributed by atoms with Crippen molar-refractivity contribution in [2.75, 3.05) is 46.6 Å². The van der Waals surface area contributed by atoms with Crippen molar-refractivity contribution < 1.29 is 14.2 Å². The molecule has 1 fully saturated rings. The number of ether oxygens (including phenoxy) is 3. The Hall–Kier alpha value is -2.17. The molecule has 0 unspecified atom stereocenters. The monoisotopic (exact) mass is 305 g/mol. The molecule has 7 nitrogen and oxygen atoms in total. The van der Waals surface area contributed by atoms with Gasteiger partial charge in [0.1, 0.15) is 11.8 Å². The van der Waals surface area contributed by atoms with Gasteiger partial charge in [0, 0.05) is 31.8 Å². The van der Waals surface area contributed by atoms with Crippen molar-refractivity contribution in [1.82, 2.24) is 4.90 Å². The number of morpholine rings is 1. The number of hydrogen-bond donors (Lipinski definition) is 0. The summed E-state index contributed by atoms with van der Waals surface area (Å²) in [6.45, 7) is 4.89. The summed E-state index contributed by atoms with van der Waals surface area (Å²) in [6, 6.07) is 4.84. The minimum absolute atomic E-state index is 0.0556. The summed E-state index contributed by atoms with van der Waals surface area (Å²) >= 11 is 0. The van der Waals surface area contributed by atoms with Crippen LogP contribution in [0.4, 0.5) is 5.69 Å². The molecule has 2 rings (SSSR count). The minimum Gasteiger partial charge on any atom is -0.493 e. The van der Waals surface area contributed by atoms with Crippen molar-refractivity contribution >= 4 is 5.69 Å². The van der Waals surface area contributed by atoms with Gasteiger partial charge in [0.15, 0.2) is 11.5 Å². The molecule has 0 bridgehead atoms. The molecular formula is C15H19N3O4. The molecule has 1 aliphatic heterocycles. The molecule has 7 heteroatoms. The van der Waals surface area contributed by atoms with Crippen molar-refractivity contribution in [2.24, 2.45) is 5.18 Å². The molecule has 0 amide bonds. The van der Waals surface area contributed by atoms with Crippen molar-refractivity contribution in [1.29, 1.82) is 5.26 Å². The molecule has 0 spiro atoms. The number of methoxy groups -OCH3 is 1. The first kappa shape index (κ1) is 16.2. The quantitative estimate of drug-likeness (QED) is 0.566. The zero-order valence-electron chi connectivity index (χ0n) is 12.6. The molecule has 0 N–H and O–H groups in total. The molecule has 1 heterocycles. The maximum absolute atomic E-state index is 10.7. The Bertz CT molecular complexity index is 550. The summed E-state index contributed by atoms with van der Waals surface area (Å²) < 4.78 is 16.2. The molecular weight excluding hydrogens is 286 g/mol. The van der Waals surface area contributed by atoms with Gasteiger partial charge in [-0.15, -0.1) is 4.91 Å². The molecule has 0 aliphatic carbocycles. The van der Waals surface area contributed by atoms with E-state index < -0.39 is 0 Å². The van der Waals surface area contributed by atoms with Crippen molar-refractivity contribution in [2.45, 2.75) is 6.42 Å². The van der Waals surface area contributed by atoms with E-state index in [1.165, 1.54) is 19.2 Å². The first-order valence-corrected chi connectivity index (χ1v) is 7.17. The molecule has 0 atom stereocenters. The topological polar surface area (TPSA) is 84.1 Å². The van der Waals surface area contributed by atoms with Crippen LogP contribution in [0.5, 0.6) is 11.5 Å². The van der Waals surface area contributed by atoms with Gasteiger partial charge in [-0.3, -0.25) is 4.90 Å².